The zero-order chi connectivity index (χ0) is 16.1. The van der Waals surface area contributed by atoms with Gasteiger partial charge < -0.3 is 4.74 Å². The molecule has 0 atom stereocenters. The number of ether oxygens (including phenoxy) is 1. The number of rotatable bonds is 1. The van der Waals surface area contributed by atoms with Crippen molar-refractivity contribution in [3.8, 4) is 11.8 Å². The highest BCUT2D eigenvalue weighted by Crippen LogP contribution is 2.21. The Morgan fingerprint density at radius 1 is 1.00 bits per heavy atom. The van der Waals surface area contributed by atoms with Gasteiger partial charge in [0.15, 0.2) is 0 Å². The van der Waals surface area contributed by atoms with Crippen LogP contribution in [0.1, 0.15) is 19.4 Å². The van der Waals surface area contributed by atoms with E-state index in [1.807, 2.05) is 66.8 Å². The predicted octanol–water partition coefficient (Wildman–Crippen LogP) is 4.22. The Morgan fingerprint density at radius 3 is 2.52 bits per heavy atom. The molecular formula is C21H19NO. The van der Waals surface area contributed by atoms with Crippen LogP contribution in [0.2, 0.25) is 0 Å². The minimum Gasteiger partial charge on any atom is -0.475 e. The normalized spacial score (nSPS) is 25.9. The molecular weight excluding hydrogens is 282 g/mol. The Hall–Kier alpha value is -2.79. The topological polar surface area (TPSA) is 21.6 Å². The second-order valence-corrected chi connectivity index (χ2v) is 6.10. The third-order valence-electron chi connectivity index (χ3n) is 3.44. The van der Waals surface area contributed by atoms with Crippen LogP contribution in [0.15, 0.2) is 82.9 Å². The van der Waals surface area contributed by atoms with Crippen molar-refractivity contribution < 1.29 is 4.74 Å². The summed E-state index contributed by atoms with van der Waals surface area (Å²) in [5, 5.41) is 0. The van der Waals surface area contributed by atoms with Gasteiger partial charge in [-0.3, -0.25) is 0 Å². The van der Waals surface area contributed by atoms with E-state index >= 15 is 0 Å². The third-order valence-corrected chi connectivity index (χ3v) is 3.44. The minimum atomic E-state index is -0.151. The Bertz CT molecular complexity index is 793. The van der Waals surface area contributed by atoms with E-state index in [2.05, 4.69) is 30.7 Å². The summed E-state index contributed by atoms with van der Waals surface area (Å²) in [6.07, 6.45) is 12.0. The Labute approximate surface area is 137 Å². The summed E-state index contributed by atoms with van der Waals surface area (Å²) in [5.74, 6) is 7.08. The van der Waals surface area contributed by atoms with Gasteiger partial charge in [-0.25, -0.2) is 4.99 Å². The van der Waals surface area contributed by atoms with E-state index in [1.165, 1.54) is 0 Å². The van der Waals surface area contributed by atoms with Crippen molar-refractivity contribution in [1.29, 1.82) is 0 Å². The fourth-order valence-corrected chi connectivity index (χ4v) is 2.23. The lowest BCUT2D eigenvalue weighted by Gasteiger charge is -2.07. The lowest BCUT2D eigenvalue weighted by molar-refractivity contribution is 0.279. The summed E-state index contributed by atoms with van der Waals surface area (Å²) in [7, 11) is 0. The van der Waals surface area contributed by atoms with E-state index in [4.69, 9.17) is 4.74 Å². The van der Waals surface area contributed by atoms with Gasteiger partial charge in [-0.05, 0) is 50.3 Å². The number of aliphatic imine (C=N–C) groups is 1. The minimum absolute atomic E-state index is 0.151. The van der Waals surface area contributed by atoms with Gasteiger partial charge in [0.25, 0.3) is 0 Å². The molecule has 0 spiro atoms. The molecule has 0 radical (unpaired) electrons. The number of benzene rings is 1. The summed E-state index contributed by atoms with van der Waals surface area (Å²) in [5.41, 5.74) is 2.78. The molecule has 3 rings (SSSR count). The summed E-state index contributed by atoms with van der Waals surface area (Å²) in [4.78, 5) is 4.62. The number of hydrogen-bond acceptors (Lipinski definition) is 2. The molecule has 1 aromatic carbocycles. The van der Waals surface area contributed by atoms with Crippen LogP contribution in [0.4, 0.5) is 0 Å². The van der Waals surface area contributed by atoms with Crippen LogP contribution in [-0.2, 0) is 4.74 Å². The molecule has 0 saturated heterocycles. The lowest BCUT2D eigenvalue weighted by Crippen LogP contribution is -2.17. The Kier molecular flexibility index (Phi) is 4.30. The fourth-order valence-electron chi connectivity index (χ4n) is 2.23. The summed E-state index contributed by atoms with van der Waals surface area (Å²) < 4.78 is 5.71. The standard InChI is InChI=1S/C21H19NO/c1-21(2)16-23-20(22-21)19-11-7-6-10-18(14-15-19)13-12-17-8-4-3-5-9-17/h3-11,14-15H,16H2,1-2H3/b7-6?,10-6-,11-7-,15-14?,18-10?,18-14+,19-11?,19-15+. The summed E-state index contributed by atoms with van der Waals surface area (Å²) >= 11 is 0. The van der Waals surface area contributed by atoms with Crippen molar-refractivity contribution in [3.05, 3.63) is 83.5 Å². The van der Waals surface area contributed by atoms with Crippen molar-refractivity contribution in [2.75, 3.05) is 6.61 Å². The first-order chi connectivity index (χ1) is 11.1. The zero-order valence-electron chi connectivity index (χ0n) is 13.4. The smallest absolute Gasteiger partial charge is 0.216 e. The molecule has 0 saturated carbocycles. The molecule has 2 nitrogen and oxygen atoms in total. The highest BCUT2D eigenvalue weighted by atomic mass is 16.5. The van der Waals surface area contributed by atoms with Crippen molar-refractivity contribution >= 4 is 5.90 Å². The van der Waals surface area contributed by atoms with E-state index in [0.717, 1.165) is 16.7 Å². The maximum Gasteiger partial charge on any atom is 0.216 e. The molecule has 1 heterocycles. The van der Waals surface area contributed by atoms with Crippen LogP contribution in [0.5, 0.6) is 0 Å². The third kappa shape index (κ3) is 4.11. The Morgan fingerprint density at radius 2 is 1.78 bits per heavy atom. The van der Waals surface area contributed by atoms with Crippen molar-refractivity contribution in [2.45, 2.75) is 19.4 Å². The first kappa shape index (κ1) is 15.1. The molecule has 1 aromatic rings. The molecule has 0 amide bonds. The van der Waals surface area contributed by atoms with Gasteiger partial charge in [0.2, 0.25) is 5.90 Å². The van der Waals surface area contributed by atoms with Gasteiger partial charge in [0.05, 0.1) is 5.54 Å². The average molecular weight is 301 g/mol. The van der Waals surface area contributed by atoms with Crippen molar-refractivity contribution in [3.63, 3.8) is 0 Å². The average Bonchev–Trinajstić information content (AvgIpc) is 2.88. The molecule has 0 unspecified atom stereocenters. The monoisotopic (exact) mass is 301 g/mol. The van der Waals surface area contributed by atoms with Gasteiger partial charge >= 0.3 is 0 Å². The number of hydrogen-bond donors (Lipinski definition) is 0. The molecule has 1 aliphatic heterocycles. The van der Waals surface area contributed by atoms with E-state index in [-0.39, 0.29) is 5.54 Å². The first-order valence-electron chi connectivity index (χ1n) is 7.69. The first-order valence-corrected chi connectivity index (χ1v) is 7.69. The number of nitrogens with zero attached hydrogens (tertiary/aromatic N) is 1. The van der Waals surface area contributed by atoms with Gasteiger partial charge in [0, 0.05) is 16.7 Å². The Balaban J connectivity index is 1.85. The highest BCUT2D eigenvalue weighted by Gasteiger charge is 2.27. The van der Waals surface area contributed by atoms with E-state index < -0.39 is 0 Å². The summed E-state index contributed by atoms with van der Waals surface area (Å²) in [6, 6.07) is 9.98. The van der Waals surface area contributed by atoms with E-state index in [1.54, 1.807) is 0 Å². The highest BCUT2D eigenvalue weighted by molar-refractivity contribution is 5.98. The SMILES string of the molecule is CC1(C)COC(C2=C/C=C(C#Cc3ccccc3)\C=C/C=C\2)=N1. The summed E-state index contributed by atoms with van der Waals surface area (Å²) in [6.45, 7) is 4.76. The predicted molar refractivity (Wildman–Crippen MR) is 95.2 cm³/mol. The van der Waals surface area contributed by atoms with E-state index in [0.29, 0.717) is 12.5 Å². The molecule has 2 aliphatic rings. The van der Waals surface area contributed by atoms with Gasteiger partial charge in [-0.15, -0.1) is 0 Å². The molecule has 23 heavy (non-hydrogen) atoms. The molecule has 114 valence electrons. The van der Waals surface area contributed by atoms with Crippen molar-refractivity contribution in [1.82, 2.24) is 0 Å². The van der Waals surface area contributed by atoms with Crippen LogP contribution in [-0.4, -0.2) is 18.0 Å². The number of allylic oxidation sites excluding steroid dienone is 6. The molecule has 0 aromatic heterocycles. The quantitative estimate of drug-likeness (QED) is 0.712. The van der Waals surface area contributed by atoms with Crippen LogP contribution in [0, 0.1) is 11.8 Å². The van der Waals surface area contributed by atoms with Gasteiger partial charge in [-0.1, -0.05) is 42.2 Å². The fraction of sp³-hybridized carbons (Fsp3) is 0.190. The lowest BCUT2D eigenvalue weighted by atomic mass is 10.1. The maximum atomic E-state index is 5.71. The largest absolute Gasteiger partial charge is 0.475 e. The van der Waals surface area contributed by atoms with Gasteiger partial charge in [-0.2, -0.15) is 0 Å². The van der Waals surface area contributed by atoms with Crippen LogP contribution in [0.3, 0.4) is 0 Å². The van der Waals surface area contributed by atoms with Crippen LogP contribution >= 0.6 is 0 Å². The molecule has 0 bridgehead atoms. The van der Waals surface area contributed by atoms with Crippen molar-refractivity contribution in [2.24, 2.45) is 4.99 Å². The van der Waals surface area contributed by atoms with E-state index in [9.17, 15) is 0 Å². The second kappa shape index (κ2) is 6.54. The van der Waals surface area contributed by atoms with Crippen LogP contribution < -0.4 is 0 Å². The maximum absolute atomic E-state index is 5.71. The molecule has 1 aliphatic carbocycles. The molecule has 0 N–H and O–H groups in total. The van der Waals surface area contributed by atoms with Crippen LogP contribution in [0.25, 0.3) is 0 Å². The second-order valence-electron chi connectivity index (χ2n) is 6.10. The molecule has 2 heteroatoms. The molecule has 0 fully saturated rings. The zero-order valence-corrected chi connectivity index (χ0v) is 13.4. The van der Waals surface area contributed by atoms with Gasteiger partial charge in [0.1, 0.15) is 6.61 Å².